The highest BCUT2D eigenvalue weighted by Gasteiger charge is 2.20. The molecule has 1 saturated heterocycles. The fraction of sp³-hybridized carbons (Fsp3) is 0.600. The summed E-state index contributed by atoms with van der Waals surface area (Å²) in [5, 5.41) is 59.8. The fourth-order valence-corrected chi connectivity index (χ4v) is 3.42. The number of aliphatic hydroxyl groups is 1. The zero-order valence-corrected chi connectivity index (χ0v) is 29.5. The van der Waals surface area contributed by atoms with E-state index < -0.39 is 66.6 Å². The van der Waals surface area contributed by atoms with E-state index in [4.69, 9.17) is 64.4 Å². The highest BCUT2D eigenvalue weighted by atomic mass is 32.2. The van der Waals surface area contributed by atoms with Crippen molar-refractivity contribution in [2.75, 3.05) is 38.2 Å². The third-order valence-corrected chi connectivity index (χ3v) is 6.54. The summed E-state index contributed by atoms with van der Waals surface area (Å²) < 4.78 is 0. The summed E-state index contributed by atoms with van der Waals surface area (Å²) in [4.78, 5) is 59.6. The first-order valence-corrected chi connectivity index (χ1v) is 16.9. The zero-order valence-electron chi connectivity index (χ0n) is 28.7. The van der Waals surface area contributed by atoms with Crippen molar-refractivity contribution in [2.24, 2.45) is 34.4 Å². The lowest BCUT2D eigenvalue weighted by Crippen LogP contribution is -2.33. The SMILES string of the molecule is CSCC[C@H](N)C(=O)O.NCC(=O)O.NCCCC[C@H](N)C(=O)O.N[C@@H](CO)C(=O)O.N[C@@H](Cc1ccccc1)C(=O)O.O=C(O)[C@@H]1CCCN1. The number of aliphatic carboxylic acids is 6. The molecule has 0 bridgehead atoms. The van der Waals surface area contributed by atoms with Crippen LogP contribution in [-0.4, -0.2) is 140 Å². The van der Waals surface area contributed by atoms with Crippen molar-refractivity contribution in [1.29, 1.82) is 0 Å². The summed E-state index contributed by atoms with van der Waals surface area (Å²) in [7, 11) is 0. The first-order chi connectivity index (χ1) is 23.8. The van der Waals surface area contributed by atoms with Gasteiger partial charge < -0.3 is 75.5 Å². The Morgan fingerprint density at radius 3 is 1.53 bits per heavy atom. The predicted molar refractivity (Wildman–Crippen MR) is 191 cm³/mol. The minimum absolute atomic E-state index is 0.269. The Labute approximate surface area is 300 Å². The van der Waals surface area contributed by atoms with Crippen molar-refractivity contribution in [3.63, 3.8) is 0 Å². The minimum atomic E-state index is -1.18. The molecule has 51 heavy (non-hydrogen) atoms. The Hall–Kier alpha value is -3.93. The van der Waals surface area contributed by atoms with Gasteiger partial charge in [-0.15, -0.1) is 0 Å². The lowest BCUT2D eigenvalue weighted by molar-refractivity contribution is -0.140. The Morgan fingerprint density at radius 2 is 1.24 bits per heavy atom. The Morgan fingerprint density at radius 1 is 0.765 bits per heavy atom. The van der Waals surface area contributed by atoms with Gasteiger partial charge in [-0.3, -0.25) is 28.8 Å². The highest BCUT2D eigenvalue weighted by Crippen LogP contribution is 2.04. The maximum atomic E-state index is 10.4. The molecule has 1 fully saturated rings. The van der Waals surface area contributed by atoms with E-state index in [0.717, 1.165) is 43.5 Å². The molecule has 0 amide bonds. The second kappa shape index (κ2) is 35.9. The van der Waals surface area contributed by atoms with Crippen molar-refractivity contribution in [3.05, 3.63) is 35.9 Å². The van der Waals surface area contributed by atoms with Crippen LogP contribution in [0, 0.1) is 0 Å². The van der Waals surface area contributed by atoms with Gasteiger partial charge in [0.15, 0.2) is 0 Å². The van der Waals surface area contributed by atoms with Gasteiger partial charge >= 0.3 is 35.8 Å². The molecule has 1 aliphatic heterocycles. The second-order valence-electron chi connectivity index (χ2n) is 10.3. The predicted octanol–water partition coefficient (Wildman–Crippen LogP) is -2.44. The molecule has 1 heterocycles. The third kappa shape index (κ3) is 38.7. The van der Waals surface area contributed by atoms with Crippen LogP contribution in [0.15, 0.2) is 30.3 Å². The van der Waals surface area contributed by atoms with E-state index in [1.54, 1.807) is 11.8 Å². The summed E-state index contributed by atoms with van der Waals surface area (Å²) in [5.41, 5.74) is 31.2. The first-order valence-electron chi connectivity index (χ1n) is 15.5. The molecule has 0 aliphatic carbocycles. The van der Waals surface area contributed by atoms with Crippen LogP contribution >= 0.6 is 11.8 Å². The number of carboxylic acid groups (broad SMARTS) is 6. The average Bonchev–Trinajstić information content (AvgIpc) is 3.64. The van der Waals surface area contributed by atoms with Gasteiger partial charge in [0, 0.05) is 0 Å². The number of hydrogen-bond acceptors (Lipinski definition) is 15. The van der Waals surface area contributed by atoms with E-state index in [0.29, 0.717) is 25.8 Å². The van der Waals surface area contributed by atoms with Crippen LogP contribution < -0.4 is 39.7 Å². The summed E-state index contributed by atoms with van der Waals surface area (Å²) in [6.45, 7) is 0.679. The van der Waals surface area contributed by atoms with Crippen LogP contribution in [0.2, 0.25) is 0 Å². The zero-order chi connectivity index (χ0) is 40.4. The molecule has 5 atom stereocenters. The summed E-state index contributed by atoms with van der Waals surface area (Å²) in [6, 6.07) is 5.75. The summed E-state index contributed by atoms with van der Waals surface area (Å²) >= 11 is 1.60. The Bertz CT molecular complexity index is 1090. The average molecular weight is 756 g/mol. The summed E-state index contributed by atoms with van der Waals surface area (Å²) in [6.07, 6.45) is 6.81. The van der Waals surface area contributed by atoms with Crippen molar-refractivity contribution < 1.29 is 64.5 Å². The number of carbonyl (C=O) groups is 6. The van der Waals surface area contributed by atoms with Gasteiger partial charge in [0.05, 0.1) is 13.2 Å². The largest absolute Gasteiger partial charge is 0.480 e. The van der Waals surface area contributed by atoms with Gasteiger partial charge in [-0.05, 0) is 69.2 Å². The number of carboxylic acids is 6. The molecule has 20 nitrogen and oxygen atoms in total. The standard InChI is InChI=1S/C9H11NO2.C6H14N2O2.C5H11NO2S.C5H9NO2.C3H7NO3.C2H5NO2/c10-8(9(11)12)6-7-4-2-1-3-5-7;7-4-2-1-3-5(8)6(9)10;1-9-3-2-4(6)5(7)8;7-5(8)4-2-1-3-6-4;4-2(1-5)3(6)7;3-1-2(4)5/h1-5,8H,6,10H2,(H,11,12);5H,1-4,7-8H2,(H,9,10);4H,2-3,6H2,1H3,(H,7,8);4,6H,1-3H2,(H,7,8);2,5H,1,4H2,(H,6,7);1,3H2,(H,4,5)/t8-;5-;2*4-;2-;/m00000./s1. The number of nitrogens with one attached hydrogen (secondary N) is 1. The molecule has 20 N–H and O–H groups in total. The number of unbranched alkanes of at least 4 members (excludes halogenated alkanes) is 1. The molecule has 0 saturated carbocycles. The van der Waals surface area contributed by atoms with E-state index in [-0.39, 0.29) is 12.6 Å². The molecular formula is C30H57N7O13S. The quantitative estimate of drug-likeness (QED) is 0.0779. The number of aliphatic hydroxyl groups excluding tert-OH is 1. The molecule has 1 aromatic carbocycles. The van der Waals surface area contributed by atoms with Crippen LogP contribution in [0.4, 0.5) is 0 Å². The van der Waals surface area contributed by atoms with E-state index in [1.807, 2.05) is 36.6 Å². The Balaban J connectivity index is -0.000000265. The molecular weight excluding hydrogens is 698 g/mol. The number of thioether (sulfide) groups is 1. The topological polar surface area (TPSA) is 412 Å². The maximum Gasteiger partial charge on any atom is 0.322 e. The molecule has 1 aliphatic rings. The number of nitrogens with two attached hydrogens (primary N) is 6. The van der Waals surface area contributed by atoms with Crippen LogP contribution in [0.5, 0.6) is 0 Å². The van der Waals surface area contributed by atoms with Gasteiger partial charge in [0.25, 0.3) is 0 Å². The van der Waals surface area contributed by atoms with E-state index in [2.05, 4.69) is 11.1 Å². The van der Waals surface area contributed by atoms with Crippen LogP contribution in [0.1, 0.15) is 44.1 Å². The van der Waals surface area contributed by atoms with Gasteiger partial charge in [-0.25, -0.2) is 0 Å². The number of rotatable bonds is 16. The van der Waals surface area contributed by atoms with Crippen molar-refractivity contribution in [1.82, 2.24) is 5.32 Å². The number of benzene rings is 1. The molecule has 296 valence electrons. The molecule has 2 rings (SSSR count). The molecule has 0 spiro atoms. The molecule has 0 radical (unpaired) electrons. The lowest BCUT2D eigenvalue weighted by atomic mass is 10.1. The van der Waals surface area contributed by atoms with Gasteiger partial charge in [-0.1, -0.05) is 36.8 Å². The fourth-order valence-electron chi connectivity index (χ4n) is 2.93. The van der Waals surface area contributed by atoms with Gasteiger partial charge in [-0.2, -0.15) is 11.8 Å². The van der Waals surface area contributed by atoms with E-state index in [1.165, 1.54) is 0 Å². The van der Waals surface area contributed by atoms with Crippen molar-refractivity contribution in [2.45, 2.75) is 75.2 Å². The maximum absolute atomic E-state index is 10.4. The smallest absolute Gasteiger partial charge is 0.322 e. The second-order valence-corrected chi connectivity index (χ2v) is 11.3. The van der Waals surface area contributed by atoms with Gasteiger partial charge in [0.2, 0.25) is 0 Å². The Kier molecular flexibility index (Phi) is 37.9. The first kappa shape index (κ1) is 53.9. The minimum Gasteiger partial charge on any atom is -0.480 e. The highest BCUT2D eigenvalue weighted by molar-refractivity contribution is 7.98. The monoisotopic (exact) mass is 755 g/mol. The molecule has 1 aromatic rings. The molecule has 21 heteroatoms. The van der Waals surface area contributed by atoms with Crippen LogP contribution in [-0.2, 0) is 35.2 Å². The van der Waals surface area contributed by atoms with Crippen LogP contribution in [0.25, 0.3) is 0 Å². The summed E-state index contributed by atoms with van der Waals surface area (Å²) in [5.74, 6) is -4.86. The third-order valence-electron chi connectivity index (χ3n) is 5.90. The normalized spacial score (nSPS) is 14.8. The molecule has 0 unspecified atom stereocenters. The van der Waals surface area contributed by atoms with E-state index >= 15 is 0 Å². The van der Waals surface area contributed by atoms with E-state index in [9.17, 15) is 28.8 Å². The van der Waals surface area contributed by atoms with Crippen molar-refractivity contribution >= 4 is 47.6 Å². The molecule has 0 aromatic heterocycles. The lowest BCUT2D eigenvalue weighted by Gasteiger charge is -2.04. The number of hydrogen-bond donors (Lipinski definition) is 14. The van der Waals surface area contributed by atoms with Crippen LogP contribution in [0.3, 0.4) is 0 Å². The van der Waals surface area contributed by atoms with Crippen molar-refractivity contribution in [3.8, 4) is 0 Å². The van der Waals surface area contributed by atoms with Gasteiger partial charge in [0.1, 0.15) is 30.2 Å².